The molecule has 2 aromatic heterocycles. The van der Waals surface area contributed by atoms with Crippen LogP contribution in [0.1, 0.15) is 26.4 Å². The van der Waals surface area contributed by atoms with Gasteiger partial charge in [-0.2, -0.15) is 0 Å². The Morgan fingerprint density at radius 2 is 2.05 bits per heavy atom. The summed E-state index contributed by atoms with van der Waals surface area (Å²) in [5.74, 6) is -0.820. The summed E-state index contributed by atoms with van der Waals surface area (Å²) in [5.41, 5.74) is 8.01. The van der Waals surface area contributed by atoms with Crippen LogP contribution >= 0.6 is 0 Å². The molecular weight excluding hydrogens is 280 g/mol. The highest BCUT2D eigenvalue weighted by Crippen LogP contribution is 2.17. The third-order valence-electron chi connectivity index (χ3n) is 3.57. The molecule has 0 fully saturated rings. The van der Waals surface area contributed by atoms with Crippen molar-refractivity contribution >= 4 is 22.7 Å². The van der Waals surface area contributed by atoms with Crippen molar-refractivity contribution < 1.29 is 9.59 Å². The lowest BCUT2D eigenvalue weighted by atomic mass is 10.1. The molecule has 6 heteroatoms. The molecule has 0 aliphatic carbocycles. The monoisotopic (exact) mass is 296 g/mol. The van der Waals surface area contributed by atoms with E-state index in [4.69, 9.17) is 5.73 Å². The smallest absolute Gasteiger partial charge is 0.267 e. The fraction of sp³-hybridized carbons (Fsp3) is 0.125. The molecule has 0 aliphatic rings. The van der Waals surface area contributed by atoms with E-state index in [1.54, 1.807) is 0 Å². The third kappa shape index (κ3) is 2.71. The molecule has 0 spiro atoms. The number of primary amides is 1. The number of hydrogen-bond donors (Lipinski definition) is 4. The first-order chi connectivity index (χ1) is 10.6. The van der Waals surface area contributed by atoms with E-state index in [2.05, 4.69) is 15.3 Å². The fourth-order valence-corrected chi connectivity index (χ4v) is 2.43. The predicted molar refractivity (Wildman–Crippen MR) is 83.6 cm³/mol. The quantitative estimate of drug-likeness (QED) is 0.574. The standard InChI is InChI=1S/C16H16N4O2/c17-15(21)12-8-13(20-9-12)16(22)19-7-5-11-3-1-2-10-4-6-18-14(10)11/h1-4,6,8-9,18,20H,5,7H2,(H2,17,21)(H,19,22). The molecule has 5 N–H and O–H groups in total. The van der Waals surface area contributed by atoms with Gasteiger partial charge in [-0.25, -0.2) is 0 Å². The Morgan fingerprint density at radius 1 is 1.18 bits per heavy atom. The number of H-pyrrole nitrogens is 2. The van der Waals surface area contributed by atoms with Crippen molar-refractivity contribution in [1.29, 1.82) is 0 Å². The number of benzene rings is 1. The lowest BCUT2D eigenvalue weighted by Gasteiger charge is -2.05. The van der Waals surface area contributed by atoms with Crippen molar-refractivity contribution in [3.63, 3.8) is 0 Å². The molecule has 0 saturated heterocycles. The van der Waals surface area contributed by atoms with E-state index in [1.165, 1.54) is 12.3 Å². The number of amides is 2. The van der Waals surface area contributed by atoms with Crippen LogP contribution < -0.4 is 11.1 Å². The average Bonchev–Trinajstić information content (AvgIpc) is 3.16. The molecule has 0 bridgehead atoms. The average molecular weight is 296 g/mol. The van der Waals surface area contributed by atoms with Crippen LogP contribution in [0, 0.1) is 0 Å². The van der Waals surface area contributed by atoms with Crippen LogP contribution in [0.2, 0.25) is 0 Å². The van der Waals surface area contributed by atoms with Crippen LogP contribution in [0.15, 0.2) is 42.7 Å². The van der Waals surface area contributed by atoms with Crippen LogP contribution in [0.25, 0.3) is 10.9 Å². The van der Waals surface area contributed by atoms with Gasteiger partial charge < -0.3 is 21.0 Å². The predicted octanol–water partition coefficient (Wildman–Crippen LogP) is 1.57. The van der Waals surface area contributed by atoms with E-state index < -0.39 is 5.91 Å². The Balaban J connectivity index is 1.61. The first kappa shape index (κ1) is 13.9. The summed E-state index contributed by atoms with van der Waals surface area (Å²) in [6.45, 7) is 0.502. The van der Waals surface area contributed by atoms with Crippen molar-refractivity contribution in [2.45, 2.75) is 6.42 Å². The Morgan fingerprint density at radius 3 is 2.82 bits per heavy atom. The third-order valence-corrected chi connectivity index (χ3v) is 3.57. The van der Waals surface area contributed by atoms with Crippen LogP contribution in [0.3, 0.4) is 0 Å². The molecule has 0 radical (unpaired) electrons. The number of hydrogen-bond acceptors (Lipinski definition) is 2. The normalized spacial score (nSPS) is 10.7. The van der Waals surface area contributed by atoms with E-state index in [0.29, 0.717) is 24.2 Å². The highest BCUT2D eigenvalue weighted by atomic mass is 16.2. The van der Waals surface area contributed by atoms with Gasteiger partial charge in [-0.1, -0.05) is 18.2 Å². The van der Waals surface area contributed by atoms with Crippen molar-refractivity contribution in [1.82, 2.24) is 15.3 Å². The van der Waals surface area contributed by atoms with Crippen LogP contribution in [-0.2, 0) is 6.42 Å². The zero-order chi connectivity index (χ0) is 15.5. The summed E-state index contributed by atoms with van der Waals surface area (Å²) in [6, 6.07) is 9.53. The van der Waals surface area contributed by atoms with E-state index >= 15 is 0 Å². The van der Waals surface area contributed by atoms with Gasteiger partial charge in [0.2, 0.25) is 5.91 Å². The maximum absolute atomic E-state index is 12.0. The fourth-order valence-electron chi connectivity index (χ4n) is 2.43. The molecule has 22 heavy (non-hydrogen) atoms. The Kier molecular flexibility index (Phi) is 3.65. The molecule has 0 unspecified atom stereocenters. The van der Waals surface area contributed by atoms with Gasteiger partial charge in [0, 0.05) is 24.5 Å². The number of nitrogens with one attached hydrogen (secondary N) is 3. The second-order valence-electron chi connectivity index (χ2n) is 5.03. The SMILES string of the molecule is NC(=O)c1c[nH]c(C(=O)NCCc2cccc3cc[nH]c23)c1. The molecule has 6 nitrogen and oxygen atoms in total. The number of carbonyl (C=O) groups is 2. The molecule has 2 heterocycles. The van der Waals surface area contributed by atoms with Gasteiger partial charge in [-0.3, -0.25) is 9.59 Å². The number of aromatic amines is 2. The van der Waals surface area contributed by atoms with E-state index in [1.807, 2.05) is 30.5 Å². The van der Waals surface area contributed by atoms with E-state index in [9.17, 15) is 9.59 Å². The van der Waals surface area contributed by atoms with Crippen LogP contribution in [-0.4, -0.2) is 28.3 Å². The number of rotatable bonds is 5. The summed E-state index contributed by atoms with van der Waals surface area (Å²) < 4.78 is 0. The number of fused-ring (bicyclic) bond motifs is 1. The van der Waals surface area contributed by atoms with Gasteiger partial charge >= 0.3 is 0 Å². The molecular formula is C16H16N4O2. The largest absolute Gasteiger partial charge is 0.366 e. The van der Waals surface area contributed by atoms with Crippen LogP contribution in [0.4, 0.5) is 0 Å². The molecule has 3 aromatic rings. The zero-order valence-corrected chi connectivity index (χ0v) is 11.8. The van der Waals surface area contributed by atoms with Crippen LogP contribution in [0.5, 0.6) is 0 Å². The minimum Gasteiger partial charge on any atom is -0.366 e. The maximum atomic E-state index is 12.0. The minimum atomic E-state index is -0.561. The highest BCUT2D eigenvalue weighted by molar-refractivity contribution is 5.98. The molecule has 3 rings (SSSR count). The van der Waals surface area contributed by atoms with Crippen molar-refractivity contribution in [3.8, 4) is 0 Å². The second kappa shape index (κ2) is 5.77. The molecule has 112 valence electrons. The molecule has 2 amide bonds. The van der Waals surface area contributed by atoms with Crippen molar-refractivity contribution in [2.24, 2.45) is 5.73 Å². The van der Waals surface area contributed by atoms with Crippen molar-refractivity contribution in [3.05, 3.63) is 59.5 Å². The Hall–Kier alpha value is -3.02. The Bertz CT molecular complexity index is 831. The van der Waals surface area contributed by atoms with Gasteiger partial charge in [-0.05, 0) is 29.5 Å². The number of nitrogens with two attached hydrogens (primary N) is 1. The lowest BCUT2D eigenvalue weighted by molar-refractivity contribution is 0.0949. The Labute approximate surface area is 126 Å². The summed E-state index contributed by atoms with van der Waals surface area (Å²) >= 11 is 0. The highest BCUT2D eigenvalue weighted by Gasteiger charge is 2.11. The summed E-state index contributed by atoms with van der Waals surface area (Å²) in [4.78, 5) is 28.9. The maximum Gasteiger partial charge on any atom is 0.267 e. The topological polar surface area (TPSA) is 104 Å². The zero-order valence-electron chi connectivity index (χ0n) is 11.8. The van der Waals surface area contributed by atoms with Gasteiger partial charge in [-0.15, -0.1) is 0 Å². The first-order valence-corrected chi connectivity index (χ1v) is 6.96. The molecule has 0 atom stereocenters. The summed E-state index contributed by atoms with van der Waals surface area (Å²) in [7, 11) is 0. The summed E-state index contributed by atoms with van der Waals surface area (Å²) in [6.07, 6.45) is 4.04. The van der Waals surface area contributed by atoms with Crippen molar-refractivity contribution in [2.75, 3.05) is 6.54 Å². The van der Waals surface area contributed by atoms with Gasteiger partial charge in [0.1, 0.15) is 5.69 Å². The minimum absolute atomic E-state index is 0.258. The summed E-state index contributed by atoms with van der Waals surface area (Å²) in [5, 5.41) is 3.97. The van der Waals surface area contributed by atoms with Gasteiger partial charge in [0.25, 0.3) is 5.91 Å². The number of aromatic nitrogens is 2. The molecule has 1 aromatic carbocycles. The first-order valence-electron chi connectivity index (χ1n) is 6.96. The number of carbonyl (C=O) groups excluding carboxylic acids is 2. The van der Waals surface area contributed by atoms with E-state index in [-0.39, 0.29) is 5.91 Å². The van der Waals surface area contributed by atoms with E-state index in [0.717, 1.165) is 16.5 Å². The molecule has 0 aliphatic heterocycles. The second-order valence-corrected chi connectivity index (χ2v) is 5.03. The number of para-hydroxylation sites is 1. The van der Waals surface area contributed by atoms with Gasteiger partial charge in [0.15, 0.2) is 0 Å². The lowest BCUT2D eigenvalue weighted by Crippen LogP contribution is -2.26. The molecule has 0 saturated carbocycles. The van der Waals surface area contributed by atoms with Gasteiger partial charge in [0.05, 0.1) is 5.56 Å².